The molecule has 0 radical (unpaired) electrons. The Morgan fingerprint density at radius 1 is 1.32 bits per heavy atom. The second kappa shape index (κ2) is 6.19. The molecule has 0 bridgehead atoms. The topological polar surface area (TPSA) is 138 Å². The van der Waals surface area contributed by atoms with E-state index in [1.165, 1.54) is 32.6 Å². The number of ether oxygens (including phenoxy) is 2. The molecule has 1 aromatic rings. The third-order valence-electron chi connectivity index (χ3n) is 2.10. The van der Waals surface area contributed by atoms with Crippen LogP contribution < -0.4 is 20.9 Å². The van der Waals surface area contributed by atoms with Gasteiger partial charge in [-0.15, -0.1) is 5.10 Å². The van der Waals surface area contributed by atoms with E-state index in [0.29, 0.717) is 11.3 Å². The molecule has 0 saturated carbocycles. The number of rotatable bonds is 5. The van der Waals surface area contributed by atoms with Crippen molar-refractivity contribution in [2.75, 3.05) is 14.2 Å². The number of nitro groups is 1. The molecule has 0 aliphatic carbocycles. The first kappa shape index (κ1) is 14.2. The lowest BCUT2D eigenvalue weighted by molar-refractivity contribution is -0.385. The van der Waals surface area contributed by atoms with Gasteiger partial charge in [0, 0.05) is 17.7 Å². The summed E-state index contributed by atoms with van der Waals surface area (Å²) >= 11 is 0. The number of benzene rings is 1. The number of hydrogen-bond acceptors (Lipinski definition) is 6. The lowest BCUT2D eigenvalue weighted by Gasteiger charge is -2.07. The van der Waals surface area contributed by atoms with E-state index in [0.717, 1.165) is 0 Å². The van der Waals surface area contributed by atoms with Crippen molar-refractivity contribution in [2.45, 2.75) is 0 Å². The molecule has 0 aromatic heterocycles. The van der Waals surface area contributed by atoms with E-state index in [9.17, 15) is 10.1 Å². The summed E-state index contributed by atoms with van der Waals surface area (Å²) < 4.78 is 9.99. The third-order valence-corrected chi connectivity index (χ3v) is 2.10. The van der Waals surface area contributed by atoms with Crippen molar-refractivity contribution < 1.29 is 14.4 Å². The Labute approximate surface area is 108 Å². The Kier molecular flexibility index (Phi) is 4.63. The van der Waals surface area contributed by atoms with Crippen LogP contribution in [0.25, 0.3) is 0 Å². The highest BCUT2D eigenvalue weighted by Crippen LogP contribution is 2.33. The highest BCUT2D eigenvalue weighted by Gasteiger charge is 2.18. The fourth-order valence-electron chi connectivity index (χ4n) is 1.31. The van der Waals surface area contributed by atoms with Gasteiger partial charge in [0.05, 0.1) is 25.4 Å². The Balaban J connectivity index is 3.29. The smallest absolute Gasteiger partial charge is 0.311 e. The zero-order chi connectivity index (χ0) is 14.4. The maximum absolute atomic E-state index is 10.9. The molecule has 19 heavy (non-hydrogen) atoms. The van der Waals surface area contributed by atoms with Crippen molar-refractivity contribution in [1.82, 2.24) is 0 Å². The molecule has 9 heteroatoms. The summed E-state index contributed by atoms with van der Waals surface area (Å²) in [6.45, 7) is 0. The van der Waals surface area contributed by atoms with Crippen LogP contribution in [0.5, 0.6) is 11.5 Å². The van der Waals surface area contributed by atoms with E-state index >= 15 is 0 Å². The Morgan fingerprint density at radius 3 is 2.42 bits per heavy atom. The molecule has 0 spiro atoms. The van der Waals surface area contributed by atoms with Gasteiger partial charge in [0.25, 0.3) is 0 Å². The predicted octanol–water partition coefficient (Wildman–Crippen LogP) is 0.219. The van der Waals surface area contributed by atoms with Crippen molar-refractivity contribution in [3.8, 4) is 11.5 Å². The quantitative estimate of drug-likeness (QED) is 0.338. The van der Waals surface area contributed by atoms with Crippen LogP contribution in [-0.2, 0) is 0 Å². The van der Waals surface area contributed by atoms with Gasteiger partial charge in [-0.1, -0.05) is 0 Å². The van der Waals surface area contributed by atoms with Gasteiger partial charge in [-0.3, -0.25) is 10.1 Å². The molecule has 4 N–H and O–H groups in total. The number of nitrogens with two attached hydrogens (primary N) is 2. The van der Waals surface area contributed by atoms with E-state index in [1.807, 2.05) is 0 Å². The molecule has 102 valence electrons. The van der Waals surface area contributed by atoms with Crippen LogP contribution in [-0.4, -0.2) is 31.3 Å². The molecule has 0 unspecified atom stereocenters. The molecule has 0 heterocycles. The first-order valence-corrected chi connectivity index (χ1v) is 5.02. The van der Waals surface area contributed by atoms with Crippen LogP contribution in [0, 0.1) is 10.1 Å². The maximum atomic E-state index is 10.9. The van der Waals surface area contributed by atoms with Crippen molar-refractivity contribution in [2.24, 2.45) is 21.7 Å². The molecule has 0 aliphatic heterocycles. The fourth-order valence-corrected chi connectivity index (χ4v) is 1.31. The first-order chi connectivity index (χ1) is 8.99. The number of hydrogen-bond donors (Lipinski definition) is 2. The number of methoxy groups -OCH3 is 2. The molecule has 0 aliphatic rings. The number of nitrogens with zero attached hydrogens (tertiary/aromatic N) is 3. The summed E-state index contributed by atoms with van der Waals surface area (Å²) in [5, 5.41) is 17.9. The van der Waals surface area contributed by atoms with Crippen molar-refractivity contribution in [3.63, 3.8) is 0 Å². The van der Waals surface area contributed by atoms with Gasteiger partial charge in [-0.2, -0.15) is 5.10 Å². The Hall–Kier alpha value is -2.84. The van der Waals surface area contributed by atoms with Gasteiger partial charge < -0.3 is 20.9 Å². The third kappa shape index (κ3) is 3.56. The molecule has 9 nitrogen and oxygen atoms in total. The molecule has 1 rings (SSSR count). The molecule has 0 atom stereocenters. The van der Waals surface area contributed by atoms with Crippen LogP contribution >= 0.6 is 0 Å². The average molecular weight is 267 g/mol. The van der Waals surface area contributed by atoms with Crippen molar-refractivity contribution >= 4 is 17.9 Å². The van der Waals surface area contributed by atoms with Gasteiger partial charge in [0.15, 0.2) is 0 Å². The van der Waals surface area contributed by atoms with E-state index in [1.54, 1.807) is 0 Å². The molecular formula is C10H13N5O4. The standard InChI is InChI=1S/C10H13N5O4/c1-18-8-4-9(19-2)7(15(16)17)3-6(8)5-13-14-10(11)12/h3-5H,1-2H3,(H4,11,12,14)/b13-5-. The minimum atomic E-state index is -0.573. The van der Waals surface area contributed by atoms with Crippen molar-refractivity contribution in [3.05, 3.63) is 27.8 Å². The lowest BCUT2D eigenvalue weighted by Crippen LogP contribution is -2.21. The second-order valence-electron chi connectivity index (χ2n) is 3.29. The summed E-state index contributed by atoms with van der Waals surface area (Å²) in [6.07, 6.45) is 1.24. The van der Waals surface area contributed by atoms with Gasteiger partial charge >= 0.3 is 5.69 Å². The van der Waals surface area contributed by atoms with Gasteiger partial charge in [-0.05, 0) is 0 Å². The highest BCUT2D eigenvalue weighted by molar-refractivity contribution is 5.86. The molecule has 0 amide bonds. The number of guanidine groups is 1. The van der Waals surface area contributed by atoms with Crippen LogP contribution in [0.3, 0.4) is 0 Å². The molecule has 0 saturated heterocycles. The van der Waals surface area contributed by atoms with Crippen LogP contribution in [0.4, 0.5) is 5.69 Å². The van der Waals surface area contributed by atoms with Gasteiger partial charge in [-0.25, -0.2) is 0 Å². The fraction of sp³-hybridized carbons (Fsp3) is 0.200. The maximum Gasteiger partial charge on any atom is 0.311 e. The normalized spacial score (nSPS) is 10.2. The minimum absolute atomic E-state index is 0.0841. The summed E-state index contributed by atoms with van der Waals surface area (Å²) in [4.78, 5) is 10.3. The van der Waals surface area contributed by atoms with Crippen molar-refractivity contribution in [1.29, 1.82) is 0 Å². The highest BCUT2D eigenvalue weighted by atomic mass is 16.6. The van der Waals surface area contributed by atoms with Crippen LogP contribution in [0.1, 0.15) is 5.56 Å². The predicted molar refractivity (Wildman–Crippen MR) is 69.6 cm³/mol. The Bertz CT molecular complexity index is 537. The van der Waals surface area contributed by atoms with Gasteiger partial charge in [0.2, 0.25) is 11.7 Å². The van der Waals surface area contributed by atoms with E-state index in [4.69, 9.17) is 20.9 Å². The van der Waals surface area contributed by atoms with E-state index in [-0.39, 0.29) is 17.4 Å². The molecule has 0 fully saturated rings. The first-order valence-electron chi connectivity index (χ1n) is 5.02. The number of nitro benzene ring substituents is 1. The summed E-state index contributed by atoms with van der Waals surface area (Å²) in [6, 6.07) is 2.64. The minimum Gasteiger partial charge on any atom is -0.496 e. The SMILES string of the molecule is COc1cc(OC)c([N+](=O)[O-])cc1/C=N\N=C(N)N. The Morgan fingerprint density at radius 2 is 1.95 bits per heavy atom. The zero-order valence-electron chi connectivity index (χ0n) is 10.4. The van der Waals surface area contributed by atoms with E-state index in [2.05, 4.69) is 10.2 Å². The average Bonchev–Trinajstić information content (AvgIpc) is 2.37. The molecular weight excluding hydrogens is 254 g/mol. The molecule has 1 aromatic carbocycles. The summed E-state index contributed by atoms with van der Waals surface area (Å²) in [5.41, 5.74) is 10.3. The summed E-state index contributed by atoms with van der Waals surface area (Å²) in [5.74, 6) is 0.205. The van der Waals surface area contributed by atoms with E-state index < -0.39 is 4.92 Å². The van der Waals surface area contributed by atoms with Crippen LogP contribution in [0.2, 0.25) is 0 Å². The zero-order valence-corrected chi connectivity index (χ0v) is 10.4. The second-order valence-corrected chi connectivity index (χ2v) is 3.29. The summed E-state index contributed by atoms with van der Waals surface area (Å²) in [7, 11) is 2.74. The lowest BCUT2D eigenvalue weighted by atomic mass is 10.1. The van der Waals surface area contributed by atoms with Gasteiger partial charge in [0.1, 0.15) is 5.75 Å². The van der Waals surface area contributed by atoms with Crippen LogP contribution in [0.15, 0.2) is 22.3 Å². The monoisotopic (exact) mass is 267 g/mol. The largest absolute Gasteiger partial charge is 0.496 e.